The van der Waals surface area contributed by atoms with Gasteiger partial charge in [0, 0.05) is 19.5 Å². The third-order valence-corrected chi connectivity index (χ3v) is 5.22. The molecule has 2 heterocycles. The Hall–Kier alpha value is -2.21. The second-order valence-electron chi connectivity index (χ2n) is 6.62. The number of hydrogen-bond acceptors (Lipinski definition) is 4. The van der Waals surface area contributed by atoms with E-state index in [0.717, 1.165) is 16.0 Å². The number of fused-ring (bicyclic) bond motifs is 1. The Morgan fingerprint density at radius 3 is 2.39 bits per heavy atom. The van der Waals surface area contributed by atoms with Crippen molar-refractivity contribution in [2.75, 3.05) is 14.2 Å². The lowest BCUT2D eigenvalue weighted by Crippen LogP contribution is -2.97. The highest BCUT2D eigenvalue weighted by atomic mass is 16.5. The molecule has 0 unspecified atom stereocenters. The molecule has 1 aromatic rings. The van der Waals surface area contributed by atoms with E-state index in [1.807, 2.05) is 36.5 Å². The number of ether oxygens (including phenoxy) is 1. The molecule has 1 aromatic carbocycles. The van der Waals surface area contributed by atoms with Crippen LogP contribution in [0.5, 0.6) is 0 Å². The summed E-state index contributed by atoms with van der Waals surface area (Å²) in [5.74, 6) is -2.25. The highest BCUT2D eigenvalue weighted by Crippen LogP contribution is 2.43. The Kier molecular flexibility index (Phi) is 3.52. The van der Waals surface area contributed by atoms with Crippen LogP contribution >= 0.6 is 0 Å². The van der Waals surface area contributed by atoms with Gasteiger partial charge >= 0.3 is 5.97 Å². The number of carbonyl (C=O) groups excluding carboxylic acids is 3. The van der Waals surface area contributed by atoms with Gasteiger partial charge in [-0.05, 0) is 6.92 Å². The van der Waals surface area contributed by atoms with Gasteiger partial charge in [0.2, 0.25) is 17.4 Å². The highest BCUT2D eigenvalue weighted by molar-refractivity contribution is 6.08. The molecule has 2 fully saturated rings. The summed E-state index contributed by atoms with van der Waals surface area (Å²) in [7, 11) is 2.79. The van der Waals surface area contributed by atoms with Crippen LogP contribution in [0, 0.1) is 18.8 Å². The fourth-order valence-electron chi connectivity index (χ4n) is 3.91. The minimum absolute atomic E-state index is 0.227. The molecule has 2 saturated heterocycles. The smallest absolute Gasteiger partial charge is 0.368 e. The van der Waals surface area contributed by atoms with Crippen molar-refractivity contribution in [3.63, 3.8) is 0 Å². The molecule has 2 amide bonds. The van der Waals surface area contributed by atoms with Crippen molar-refractivity contribution in [2.45, 2.75) is 25.4 Å². The number of hydrogen-bond donors (Lipinski definition) is 1. The number of amides is 2. The topological polar surface area (TPSA) is 80.3 Å². The van der Waals surface area contributed by atoms with Crippen molar-refractivity contribution in [3.05, 3.63) is 35.4 Å². The largest absolute Gasteiger partial charge is 0.464 e. The van der Waals surface area contributed by atoms with E-state index >= 15 is 0 Å². The van der Waals surface area contributed by atoms with E-state index in [0.29, 0.717) is 0 Å². The van der Waals surface area contributed by atoms with Gasteiger partial charge in [-0.2, -0.15) is 0 Å². The zero-order valence-corrected chi connectivity index (χ0v) is 13.7. The maximum absolute atomic E-state index is 12.6. The predicted molar refractivity (Wildman–Crippen MR) is 81.0 cm³/mol. The number of likely N-dealkylation sites (tertiary alicyclic amines) is 1. The standard InChI is InChI=1S/C17H20N2O4/c1-9-5-7-10(8-6-9)13-11-12(15(21)19(3)14(11)20)17(2,18-13)16(22)23-4/h5-8,11-13,18H,1-4H3/p+1/t11-,12-,13+,17-/m0/s1. The Bertz CT molecular complexity index is 684. The average molecular weight is 317 g/mol. The average Bonchev–Trinajstić information content (AvgIpc) is 2.97. The molecule has 0 spiro atoms. The van der Waals surface area contributed by atoms with Gasteiger partial charge in [0.15, 0.2) is 0 Å². The number of imide groups is 1. The van der Waals surface area contributed by atoms with Gasteiger partial charge in [-0.1, -0.05) is 29.8 Å². The molecule has 2 aliphatic heterocycles. The van der Waals surface area contributed by atoms with Crippen LogP contribution in [0.4, 0.5) is 0 Å². The second kappa shape index (κ2) is 5.16. The van der Waals surface area contributed by atoms with E-state index in [4.69, 9.17) is 4.74 Å². The third-order valence-electron chi connectivity index (χ3n) is 5.22. The summed E-state index contributed by atoms with van der Waals surface area (Å²) in [4.78, 5) is 38.6. The Balaban J connectivity index is 2.09. The highest BCUT2D eigenvalue weighted by Gasteiger charge is 2.70. The van der Waals surface area contributed by atoms with Crippen molar-refractivity contribution in [1.82, 2.24) is 4.90 Å². The van der Waals surface area contributed by atoms with Gasteiger partial charge in [0.25, 0.3) is 0 Å². The van der Waals surface area contributed by atoms with Crippen molar-refractivity contribution in [3.8, 4) is 0 Å². The zero-order valence-electron chi connectivity index (χ0n) is 13.7. The quantitative estimate of drug-likeness (QED) is 0.604. The fraction of sp³-hybridized carbons (Fsp3) is 0.471. The van der Waals surface area contributed by atoms with E-state index in [-0.39, 0.29) is 17.9 Å². The third kappa shape index (κ3) is 2.09. The van der Waals surface area contributed by atoms with Crippen LogP contribution in [-0.2, 0) is 19.1 Å². The van der Waals surface area contributed by atoms with Crippen LogP contribution in [-0.4, -0.2) is 42.4 Å². The lowest BCUT2D eigenvalue weighted by atomic mass is 9.80. The number of nitrogens with two attached hydrogens (primary N) is 1. The maximum atomic E-state index is 12.6. The molecule has 0 bridgehead atoms. The van der Waals surface area contributed by atoms with Gasteiger partial charge < -0.3 is 10.1 Å². The molecule has 6 nitrogen and oxygen atoms in total. The first-order valence-electron chi connectivity index (χ1n) is 7.63. The molecule has 4 atom stereocenters. The van der Waals surface area contributed by atoms with Crippen LogP contribution in [0.1, 0.15) is 24.1 Å². The molecule has 3 rings (SSSR count). The predicted octanol–water partition coefficient (Wildman–Crippen LogP) is -0.224. The monoisotopic (exact) mass is 317 g/mol. The molecule has 0 aromatic heterocycles. The fourth-order valence-corrected chi connectivity index (χ4v) is 3.91. The van der Waals surface area contributed by atoms with E-state index in [9.17, 15) is 14.4 Å². The van der Waals surface area contributed by atoms with Gasteiger partial charge in [0.1, 0.15) is 17.9 Å². The van der Waals surface area contributed by atoms with Crippen LogP contribution in [0.25, 0.3) is 0 Å². The number of nitrogens with zero attached hydrogens (tertiary/aromatic N) is 1. The number of methoxy groups -OCH3 is 1. The molecule has 2 aliphatic rings. The van der Waals surface area contributed by atoms with Crippen LogP contribution in [0.15, 0.2) is 24.3 Å². The maximum Gasteiger partial charge on any atom is 0.368 e. The molecule has 6 heteroatoms. The molecule has 0 saturated carbocycles. The molecule has 0 aliphatic carbocycles. The Labute approximate surface area is 134 Å². The van der Waals surface area contributed by atoms with Crippen molar-refractivity contribution in [2.24, 2.45) is 11.8 Å². The molecular formula is C17H21N2O4+. The number of rotatable bonds is 2. The molecule has 0 radical (unpaired) electrons. The lowest BCUT2D eigenvalue weighted by molar-refractivity contribution is -0.731. The minimum atomic E-state index is -1.09. The van der Waals surface area contributed by atoms with Gasteiger partial charge in [-0.25, -0.2) is 4.79 Å². The Morgan fingerprint density at radius 1 is 1.22 bits per heavy atom. The van der Waals surface area contributed by atoms with E-state index < -0.39 is 23.3 Å². The minimum Gasteiger partial charge on any atom is -0.464 e. The first kappa shape index (κ1) is 15.7. The summed E-state index contributed by atoms with van der Waals surface area (Å²) in [5, 5.41) is 1.82. The number of aryl methyl sites for hydroxylation is 1. The summed E-state index contributed by atoms with van der Waals surface area (Å²) >= 11 is 0. The van der Waals surface area contributed by atoms with Gasteiger partial charge in [0.05, 0.1) is 7.11 Å². The first-order chi connectivity index (χ1) is 10.8. The SMILES string of the molecule is COC(=O)[C@@]1(C)[NH2+][C@H](c2ccc(C)cc2)[C@H]2C(=O)N(C)C(=O)[C@H]21. The first-order valence-corrected chi connectivity index (χ1v) is 7.63. The molecule has 2 N–H and O–H groups in total. The summed E-state index contributed by atoms with van der Waals surface area (Å²) < 4.78 is 4.92. The van der Waals surface area contributed by atoms with Gasteiger partial charge in [-0.15, -0.1) is 0 Å². The number of benzene rings is 1. The number of quaternary nitrogens is 1. The summed E-state index contributed by atoms with van der Waals surface area (Å²) in [6.07, 6.45) is 0. The summed E-state index contributed by atoms with van der Waals surface area (Å²) in [5.41, 5.74) is 0.964. The van der Waals surface area contributed by atoms with Crippen LogP contribution < -0.4 is 5.32 Å². The van der Waals surface area contributed by atoms with Crippen LogP contribution in [0.3, 0.4) is 0 Å². The summed E-state index contributed by atoms with van der Waals surface area (Å²) in [6, 6.07) is 7.57. The molecule has 23 heavy (non-hydrogen) atoms. The zero-order chi connectivity index (χ0) is 16.9. The summed E-state index contributed by atoms with van der Waals surface area (Å²) in [6.45, 7) is 3.68. The van der Waals surface area contributed by atoms with Gasteiger partial charge in [-0.3, -0.25) is 14.5 Å². The van der Waals surface area contributed by atoms with E-state index in [1.54, 1.807) is 6.92 Å². The lowest BCUT2D eigenvalue weighted by Gasteiger charge is -2.24. The molecular weight excluding hydrogens is 296 g/mol. The van der Waals surface area contributed by atoms with Crippen LogP contribution in [0.2, 0.25) is 0 Å². The van der Waals surface area contributed by atoms with E-state index in [2.05, 4.69) is 0 Å². The number of carbonyl (C=O) groups is 3. The number of esters is 1. The van der Waals surface area contributed by atoms with Crippen molar-refractivity contribution < 1.29 is 24.4 Å². The van der Waals surface area contributed by atoms with Crippen molar-refractivity contribution in [1.29, 1.82) is 0 Å². The molecule has 122 valence electrons. The Morgan fingerprint density at radius 2 is 1.83 bits per heavy atom. The normalized spacial score (nSPS) is 33.0. The van der Waals surface area contributed by atoms with E-state index in [1.165, 1.54) is 14.2 Å². The second-order valence-corrected chi connectivity index (χ2v) is 6.62. The van der Waals surface area contributed by atoms with Crippen molar-refractivity contribution >= 4 is 17.8 Å².